The van der Waals surface area contributed by atoms with Crippen LogP contribution in [0.3, 0.4) is 0 Å². The third-order valence-electron chi connectivity index (χ3n) is 2.92. The lowest BCUT2D eigenvalue weighted by Gasteiger charge is -2.18. The Kier molecular flexibility index (Phi) is 5.18. The average molecular weight is 268 g/mol. The van der Waals surface area contributed by atoms with Crippen LogP contribution in [0.15, 0.2) is 12.1 Å². The molecular weight excluding hydrogens is 248 g/mol. The van der Waals surface area contributed by atoms with Crippen molar-refractivity contribution in [2.45, 2.75) is 25.9 Å². The summed E-state index contributed by atoms with van der Waals surface area (Å²) >= 11 is 0. The first-order valence-electron chi connectivity index (χ1n) is 5.97. The molecule has 1 unspecified atom stereocenters. The molecule has 0 amide bonds. The zero-order valence-corrected chi connectivity index (χ0v) is 11.9. The maximum Gasteiger partial charge on any atom is 0.339 e. The number of benzene rings is 1. The molecule has 5 heteroatoms. The molecule has 0 heterocycles. The van der Waals surface area contributed by atoms with E-state index in [-0.39, 0.29) is 5.92 Å². The lowest BCUT2D eigenvalue weighted by atomic mass is 9.96. The Bertz CT molecular complexity index is 453. The van der Waals surface area contributed by atoms with Crippen LogP contribution in [0.4, 0.5) is 0 Å². The van der Waals surface area contributed by atoms with Crippen molar-refractivity contribution in [1.82, 2.24) is 0 Å². The molecule has 0 spiro atoms. The van der Waals surface area contributed by atoms with Gasteiger partial charge in [-0.2, -0.15) is 0 Å². The summed E-state index contributed by atoms with van der Waals surface area (Å²) in [5, 5.41) is 9.98. The number of hydrogen-bond donors (Lipinski definition) is 1. The zero-order valence-electron chi connectivity index (χ0n) is 11.9. The highest BCUT2D eigenvalue weighted by Crippen LogP contribution is 2.36. The van der Waals surface area contributed by atoms with Gasteiger partial charge in [0.1, 0.15) is 11.5 Å². The van der Waals surface area contributed by atoms with E-state index in [1.165, 1.54) is 14.2 Å². The summed E-state index contributed by atoms with van der Waals surface area (Å²) in [6, 6.07) is 3.38. The van der Waals surface area contributed by atoms with Gasteiger partial charge in [0.2, 0.25) is 0 Å². The van der Waals surface area contributed by atoms with Gasteiger partial charge in [-0.3, -0.25) is 0 Å². The Morgan fingerprint density at radius 1 is 1.05 bits per heavy atom. The molecule has 0 radical (unpaired) electrons. The van der Waals surface area contributed by atoms with Crippen LogP contribution in [0, 0.1) is 0 Å². The van der Waals surface area contributed by atoms with Crippen molar-refractivity contribution in [2.75, 3.05) is 21.3 Å². The summed E-state index contributed by atoms with van der Waals surface area (Å²) in [5.74, 6) is 0.509. The van der Waals surface area contributed by atoms with Gasteiger partial charge in [0, 0.05) is 11.6 Å². The number of hydrogen-bond acceptors (Lipinski definition) is 5. The molecule has 1 N–H and O–H groups in total. The second-order valence-corrected chi connectivity index (χ2v) is 4.42. The zero-order chi connectivity index (χ0) is 14.6. The maximum absolute atomic E-state index is 11.5. The van der Waals surface area contributed by atoms with E-state index < -0.39 is 12.1 Å². The van der Waals surface area contributed by atoms with Crippen molar-refractivity contribution < 1.29 is 24.1 Å². The number of esters is 1. The standard InChI is InChI=1S/C14H20O5/c1-8(2)9-6-10(13(15)14(16)19-5)12(18-4)7-11(9)17-3/h6-8,13,15H,1-5H3. The topological polar surface area (TPSA) is 65.0 Å². The Hall–Kier alpha value is -1.75. The van der Waals surface area contributed by atoms with Crippen LogP contribution in [0.2, 0.25) is 0 Å². The quantitative estimate of drug-likeness (QED) is 0.828. The second-order valence-electron chi connectivity index (χ2n) is 4.42. The van der Waals surface area contributed by atoms with Gasteiger partial charge in [-0.15, -0.1) is 0 Å². The van der Waals surface area contributed by atoms with E-state index in [4.69, 9.17) is 9.47 Å². The Labute approximate surface area is 113 Å². The highest BCUT2D eigenvalue weighted by Gasteiger charge is 2.24. The minimum absolute atomic E-state index is 0.185. The third-order valence-corrected chi connectivity index (χ3v) is 2.92. The smallest absolute Gasteiger partial charge is 0.339 e. The summed E-state index contributed by atoms with van der Waals surface area (Å²) < 4.78 is 15.0. The van der Waals surface area contributed by atoms with Crippen LogP contribution in [-0.2, 0) is 9.53 Å². The summed E-state index contributed by atoms with van der Waals surface area (Å²) in [6.07, 6.45) is -1.37. The van der Waals surface area contributed by atoms with Crippen molar-refractivity contribution in [3.8, 4) is 11.5 Å². The molecule has 0 saturated heterocycles. The minimum atomic E-state index is -1.37. The normalized spacial score (nSPS) is 12.2. The highest BCUT2D eigenvalue weighted by molar-refractivity contribution is 5.77. The van der Waals surface area contributed by atoms with Crippen molar-refractivity contribution in [1.29, 1.82) is 0 Å². The molecule has 0 saturated carbocycles. The maximum atomic E-state index is 11.5. The van der Waals surface area contributed by atoms with Crippen LogP contribution < -0.4 is 9.47 Å². The van der Waals surface area contributed by atoms with Crippen LogP contribution >= 0.6 is 0 Å². The molecule has 1 aromatic carbocycles. The Morgan fingerprint density at radius 2 is 1.58 bits per heavy atom. The molecule has 1 rings (SSSR count). The van der Waals surface area contributed by atoms with Gasteiger partial charge in [0.25, 0.3) is 0 Å². The fourth-order valence-electron chi connectivity index (χ4n) is 1.85. The molecule has 1 aromatic rings. The molecule has 0 fully saturated rings. The van der Waals surface area contributed by atoms with Crippen molar-refractivity contribution in [3.63, 3.8) is 0 Å². The Morgan fingerprint density at radius 3 is 2.00 bits per heavy atom. The highest BCUT2D eigenvalue weighted by atomic mass is 16.5. The van der Waals surface area contributed by atoms with E-state index in [9.17, 15) is 9.90 Å². The molecule has 0 aliphatic carbocycles. The van der Waals surface area contributed by atoms with Gasteiger partial charge in [-0.25, -0.2) is 4.79 Å². The fraction of sp³-hybridized carbons (Fsp3) is 0.500. The molecule has 0 aliphatic heterocycles. The van der Waals surface area contributed by atoms with Crippen LogP contribution in [0.1, 0.15) is 37.0 Å². The SMILES string of the molecule is COC(=O)C(O)c1cc(C(C)C)c(OC)cc1OC. The van der Waals surface area contributed by atoms with Crippen LogP contribution in [-0.4, -0.2) is 32.4 Å². The van der Waals surface area contributed by atoms with E-state index in [0.29, 0.717) is 17.1 Å². The van der Waals surface area contributed by atoms with E-state index >= 15 is 0 Å². The number of carbonyl (C=O) groups is 1. The minimum Gasteiger partial charge on any atom is -0.496 e. The van der Waals surface area contributed by atoms with Gasteiger partial charge in [-0.1, -0.05) is 13.8 Å². The number of aliphatic hydroxyl groups excluding tert-OH is 1. The first kappa shape index (κ1) is 15.3. The third kappa shape index (κ3) is 3.17. The Balaban J connectivity index is 3.37. The molecule has 106 valence electrons. The van der Waals surface area contributed by atoms with Crippen LogP contribution in [0.25, 0.3) is 0 Å². The fourth-order valence-corrected chi connectivity index (χ4v) is 1.85. The van der Waals surface area contributed by atoms with E-state index in [1.54, 1.807) is 19.2 Å². The lowest BCUT2D eigenvalue weighted by Crippen LogP contribution is -2.15. The molecular formula is C14H20O5. The molecule has 1 atom stereocenters. The molecule has 5 nitrogen and oxygen atoms in total. The van der Waals surface area contributed by atoms with Crippen molar-refractivity contribution >= 4 is 5.97 Å². The molecule has 0 aromatic heterocycles. The molecule has 0 aliphatic rings. The number of carbonyl (C=O) groups excluding carboxylic acids is 1. The largest absolute Gasteiger partial charge is 0.496 e. The first-order chi connectivity index (χ1) is 8.96. The van der Waals surface area contributed by atoms with Crippen LogP contribution in [0.5, 0.6) is 11.5 Å². The van der Waals surface area contributed by atoms with Gasteiger partial charge in [-0.05, 0) is 17.5 Å². The molecule has 0 bridgehead atoms. The van der Waals surface area contributed by atoms with Gasteiger partial charge in [0.15, 0.2) is 6.10 Å². The number of aliphatic hydroxyl groups is 1. The number of methoxy groups -OCH3 is 3. The summed E-state index contributed by atoms with van der Waals surface area (Å²) in [4.78, 5) is 11.5. The number of rotatable bonds is 5. The monoisotopic (exact) mass is 268 g/mol. The van der Waals surface area contributed by atoms with E-state index in [0.717, 1.165) is 5.56 Å². The number of ether oxygens (including phenoxy) is 3. The van der Waals surface area contributed by atoms with Gasteiger partial charge < -0.3 is 19.3 Å². The predicted octanol–water partition coefficient (Wildman–Crippen LogP) is 2.03. The van der Waals surface area contributed by atoms with Crippen molar-refractivity contribution in [3.05, 3.63) is 23.3 Å². The molecule has 19 heavy (non-hydrogen) atoms. The predicted molar refractivity (Wildman–Crippen MR) is 70.6 cm³/mol. The van der Waals surface area contributed by atoms with Gasteiger partial charge in [0.05, 0.1) is 21.3 Å². The first-order valence-corrected chi connectivity index (χ1v) is 5.97. The summed E-state index contributed by atoms with van der Waals surface area (Å²) in [5.41, 5.74) is 1.26. The summed E-state index contributed by atoms with van der Waals surface area (Å²) in [6.45, 7) is 4.00. The van der Waals surface area contributed by atoms with Gasteiger partial charge >= 0.3 is 5.97 Å². The van der Waals surface area contributed by atoms with E-state index in [2.05, 4.69) is 4.74 Å². The average Bonchev–Trinajstić information content (AvgIpc) is 2.43. The summed E-state index contributed by atoms with van der Waals surface area (Å²) in [7, 11) is 4.26. The van der Waals surface area contributed by atoms with Crippen molar-refractivity contribution in [2.24, 2.45) is 0 Å². The lowest BCUT2D eigenvalue weighted by molar-refractivity contribution is -0.150. The van der Waals surface area contributed by atoms with E-state index in [1.807, 2.05) is 13.8 Å². The second kappa shape index (κ2) is 6.43.